The summed E-state index contributed by atoms with van der Waals surface area (Å²) in [7, 11) is 1.76. The summed E-state index contributed by atoms with van der Waals surface area (Å²) in [6.45, 7) is 2.99. The number of aromatic nitrogens is 1. The summed E-state index contributed by atoms with van der Waals surface area (Å²) >= 11 is 3.42. The zero-order valence-corrected chi connectivity index (χ0v) is 17.0. The predicted octanol–water partition coefficient (Wildman–Crippen LogP) is 3.11. The van der Waals surface area contributed by atoms with Gasteiger partial charge in [0, 0.05) is 37.0 Å². The van der Waals surface area contributed by atoms with Crippen molar-refractivity contribution in [3.05, 3.63) is 53.3 Å². The van der Waals surface area contributed by atoms with Gasteiger partial charge in [-0.3, -0.25) is 4.99 Å². The van der Waals surface area contributed by atoms with Gasteiger partial charge >= 0.3 is 0 Å². The fraction of sp³-hybridized carbons (Fsp3) is 0.312. The molecular formula is C16H22BrIN4O. The molecule has 7 heteroatoms. The number of ether oxygens (including phenoxy) is 1. The second kappa shape index (κ2) is 11.3. The molecule has 1 heterocycles. The molecule has 0 amide bonds. The highest BCUT2D eigenvalue weighted by Gasteiger charge is 1.98. The van der Waals surface area contributed by atoms with E-state index in [4.69, 9.17) is 4.74 Å². The first-order valence-corrected chi connectivity index (χ1v) is 8.01. The topological polar surface area (TPSA) is 50.6 Å². The fourth-order valence-electron chi connectivity index (χ4n) is 1.94. The van der Waals surface area contributed by atoms with Gasteiger partial charge in [0.25, 0.3) is 0 Å². The van der Waals surface area contributed by atoms with E-state index in [0.717, 1.165) is 29.3 Å². The Morgan fingerprint density at radius 1 is 1.17 bits per heavy atom. The molecule has 0 saturated carbocycles. The third-order valence-electron chi connectivity index (χ3n) is 3.01. The largest absolute Gasteiger partial charge is 0.492 e. The molecular weight excluding hydrogens is 471 g/mol. The minimum atomic E-state index is 0. The molecule has 0 saturated heterocycles. The van der Waals surface area contributed by atoms with Crippen LogP contribution in [0.3, 0.4) is 0 Å². The van der Waals surface area contributed by atoms with Crippen molar-refractivity contribution in [3.8, 4) is 5.75 Å². The molecule has 0 atom stereocenters. The van der Waals surface area contributed by atoms with E-state index in [-0.39, 0.29) is 24.0 Å². The van der Waals surface area contributed by atoms with E-state index in [1.807, 2.05) is 48.8 Å². The van der Waals surface area contributed by atoms with E-state index < -0.39 is 0 Å². The van der Waals surface area contributed by atoms with Crippen molar-refractivity contribution in [2.45, 2.75) is 6.54 Å². The third kappa shape index (κ3) is 7.74. The Balaban J connectivity index is 0.00000264. The quantitative estimate of drug-likeness (QED) is 0.270. The van der Waals surface area contributed by atoms with Crippen LogP contribution in [0.5, 0.6) is 5.75 Å². The van der Waals surface area contributed by atoms with Crippen molar-refractivity contribution in [1.82, 2.24) is 15.2 Å². The number of rotatable bonds is 7. The number of hydrogen-bond donors (Lipinski definition) is 2. The maximum absolute atomic E-state index is 5.67. The number of aliphatic imine (C=N–C) groups is 1. The molecule has 5 nitrogen and oxygen atoms in total. The van der Waals surface area contributed by atoms with E-state index in [2.05, 4.69) is 36.1 Å². The molecule has 0 aliphatic rings. The van der Waals surface area contributed by atoms with Gasteiger partial charge in [-0.15, -0.1) is 24.0 Å². The molecule has 126 valence electrons. The first kappa shape index (κ1) is 19.8. The van der Waals surface area contributed by atoms with Crippen LogP contribution in [0.15, 0.2) is 58.3 Å². The minimum Gasteiger partial charge on any atom is -0.492 e. The Hall–Kier alpha value is -1.22. The van der Waals surface area contributed by atoms with Crippen molar-refractivity contribution >= 4 is 45.9 Å². The van der Waals surface area contributed by atoms with Gasteiger partial charge in [0.05, 0.1) is 6.54 Å². The first-order chi connectivity index (χ1) is 10.8. The van der Waals surface area contributed by atoms with Gasteiger partial charge in [0.2, 0.25) is 0 Å². The lowest BCUT2D eigenvalue weighted by Gasteiger charge is -2.13. The van der Waals surface area contributed by atoms with Crippen molar-refractivity contribution in [3.63, 3.8) is 0 Å². The van der Waals surface area contributed by atoms with Gasteiger partial charge in [-0.05, 0) is 30.3 Å². The highest BCUT2D eigenvalue weighted by atomic mass is 127. The molecule has 1 aromatic carbocycles. The lowest BCUT2D eigenvalue weighted by Crippen LogP contribution is -2.40. The van der Waals surface area contributed by atoms with E-state index in [9.17, 15) is 0 Å². The van der Waals surface area contributed by atoms with Gasteiger partial charge < -0.3 is 19.9 Å². The van der Waals surface area contributed by atoms with Crippen molar-refractivity contribution < 1.29 is 4.74 Å². The summed E-state index contributed by atoms with van der Waals surface area (Å²) in [5.74, 6) is 1.64. The second-order valence-corrected chi connectivity index (χ2v) is 5.57. The highest BCUT2D eigenvalue weighted by molar-refractivity contribution is 14.0. The summed E-state index contributed by atoms with van der Waals surface area (Å²) in [5, 5.41) is 6.50. The predicted molar refractivity (Wildman–Crippen MR) is 109 cm³/mol. The van der Waals surface area contributed by atoms with Gasteiger partial charge in [0.1, 0.15) is 12.4 Å². The number of guanidine groups is 1. The summed E-state index contributed by atoms with van der Waals surface area (Å²) in [6.07, 6.45) is 4.09. The Bertz CT molecular complexity index is 590. The van der Waals surface area contributed by atoms with Crippen LogP contribution in [-0.2, 0) is 6.54 Å². The Kier molecular flexibility index (Phi) is 9.77. The molecule has 2 rings (SSSR count). The molecule has 0 fully saturated rings. The minimum absolute atomic E-state index is 0. The van der Waals surface area contributed by atoms with Crippen LogP contribution in [0.1, 0.15) is 0 Å². The van der Waals surface area contributed by atoms with E-state index in [1.165, 1.54) is 0 Å². The number of nitrogens with one attached hydrogen (secondary N) is 2. The molecule has 0 unspecified atom stereocenters. The molecule has 0 spiro atoms. The van der Waals surface area contributed by atoms with Crippen molar-refractivity contribution in [2.24, 2.45) is 4.99 Å². The van der Waals surface area contributed by atoms with Crippen LogP contribution in [-0.4, -0.2) is 37.3 Å². The van der Waals surface area contributed by atoms with Crippen LogP contribution in [0.4, 0.5) is 0 Å². The van der Waals surface area contributed by atoms with Gasteiger partial charge in [-0.25, -0.2) is 0 Å². The number of benzene rings is 1. The number of nitrogens with zero attached hydrogens (tertiary/aromatic N) is 2. The van der Waals surface area contributed by atoms with Crippen LogP contribution in [0, 0.1) is 0 Å². The summed E-state index contributed by atoms with van der Waals surface area (Å²) in [4.78, 5) is 4.19. The average molecular weight is 493 g/mol. The van der Waals surface area contributed by atoms with Gasteiger partial charge in [0.15, 0.2) is 5.96 Å². The smallest absolute Gasteiger partial charge is 0.191 e. The molecule has 23 heavy (non-hydrogen) atoms. The van der Waals surface area contributed by atoms with E-state index in [1.54, 1.807) is 7.05 Å². The Morgan fingerprint density at radius 2 is 1.91 bits per heavy atom. The van der Waals surface area contributed by atoms with Gasteiger partial charge in [-0.2, -0.15) is 0 Å². The van der Waals surface area contributed by atoms with Crippen molar-refractivity contribution in [2.75, 3.05) is 26.7 Å². The lowest BCUT2D eigenvalue weighted by molar-refractivity contribution is 0.321. The van der Waals surface area contributed by atoms with Crippen LogP contribution in [0.2, 0.25) is 0 Å². The molecule has 0 radical (unpaired) electrons. The lowest BCUT2D eigenvalue weighted by atomic mass is 10.3. The number of hydrogen-bond acceptors (Lipinski definition) is 2. The fourth-order valence-corrected chi connectivity index (χ4v) is 2.32. The summed E-state index contributed by atoms with van der Waals surface area (Å²) in [5.41, 5.74) is 0. The molecule has 0 bridgehead atoms. The summed E-state index contributed by atoms with van der Waals surface area (Å²) < 4.78 is 8.80. The van der Waals surface area contributed by atoms with E-state index >= 15 is 0 Å². The Morgan fingerprint density at radius 3 is 2.61 bits per heavy atom. The zero-order valence-electron chi connectivity index (χ0n) is 13.0. The SMILES string of the molecule is CN=C(NCCOc1cccc(Br)c1)NCCn1cccc1.I. The van der Waals surface area contributed by atoms with Crippen LogP contribution < -0.4 is 15.4 Å². The standard InChI is InChI=1S/C16H21BrN4O.HI/c1-18-16(19-7-11-21-9-2-3-10-21)20-8-12-22-15-6-4-5-14(17)13-15;/h2-6,9-10,13H,7-8,11-12H2,1H3,(H2,18,19,20);1H. The maximum atomic E-state index is 5.67. The second-order valence-electron chi connectivity index (χ2n) is 4.65. The third-order valence-corrected chi connectivity index (χ3v) is 3.50. The molecule has 2 N–H and O–H groups in total. The monoisotopic (exact) mass is 492 g/mol. The molecule has 0 aliphatic carbocycles. The summed E-state index contributed by atoms with van der Waals surface area (Å²) in [6, 6.07) is 11.9. The first-order valence-electron chi connectivity index (χ1n) is 7.21. The average Bonchev–Trinajstić information content (AvgIpc) is 3.03. The molecule has 2 aromatic rings. The zero-order chi connectivity index (χ0) is 15.6. The Labute approximate surface area is 162 Å². The highest BCUT2D eigenvalue weighted by Crippen LogP contribution is 2.17. The van der Waals surface area contributed by atoms with E-state index in [0.29, 0.717) is 13.2 Å². The van der Waals surface area contributed by atoms with Crippen LogP contribution in [0.25, 0.3) is 0 Å². The maximum Gasteiger partial charge on any atom is 0.191 e. The molecule has 1 aromatic heterocycles. The number of halogens is 2. The van der Waals surface area contributed by atoms with Gasteiger partial charge in [-0.1, -0.05) is 22.0 Å². The normalized spacial score (nSPS) is 10.8. The molecule has 0 aliphatic heterocycles. The van der Waals surface area contributed by atoms with Crippen molar-refractivity contribution in [1.29, 1.82) is 0 Å². The van der Waals surface area contributed by atoms with Crippen LogP contribution >= 0.6 is 39.9 Å².